The van der Waals surface area contributed by atoms with Crippen LogP contribution in [0.1, 0.15) is 34.6 Å². The van der Waals surface area contributed by atoms with Gasteiger partial charge >= 0.3 is 0 Å². The Hall–Kier alpha value is -0.650. The zero-order valence-corrected chi connectivity index (χ0v) is 10.2. The first-order chi connectivity index (χ1) is 6.91. The molecule has 5 heteroatoms. The lowest BCUT2D eigenvalue weighted by molar-refractivity contribution is -0.365. The maximum absolute atomic E-state index is 9.00. The van der Waals surface area contributed by atoms with Crippen molar-refractivity contribution in [3.05, 3.63) is 0 Å². The normalized spacial score (nSPS) is 10.5. The van der Waals surface area contributed by atoms with E-state index >= 15 is 0 Å². The van der Waals surface area contributed by atoms with Gasteiger partial charge in [-0.05, 0) is 20.8 Å². The van der Waals surface area contributed by atoms with E-state index in [2.05, 4.69) is 0 Å². The van der Waals surface area contributed by atoms with Gasteiger partial charge in [0, 0.05) is 33.7 Å². The topological polar surface area (TPSA) is 65.0 Å². The van der Waals surface area contributed by atoms with Crippen molar-refractivity contribution in [1.29, 1.82) is 0 Å². The summed E-state index contributed by atoms with van der Waals surface area (Å²) < 4.78 is 15.8. The molecule has 0 spiro atoms. The Kier molecular flexibility index (Phi) is 11.1. The van der Waals surface area contributed by atoms with Crippen molar-refractivity contribution in [2.45, 2.75) is 40.6 Å². The molecule has 0 amide bonds. The van der Waals surface area contributed by atoms with E-state index in [1.165, 1.54) is 0 Å². The fourth-order valence-electron chi connectivity index (χ4n) is 0.912. The second kappa shape index (κ2) is 9.89. The Bertz CT molecular complexity index is 137. The summed E-state index contributed by atoms with van der Waals surface area (Å²) in [6, 6.07) is 0. The van der Waals surface area contributed by atoms with E-state index in [-0.39, 0.29) is 0 Å². The average Bonchev–Trinajstić information content (AvgIpc) is 2.03. The van der Waals surface area contributed by atoms with Crippen molar-refractivity contribution < 1.29 is 24.1 Å². The van der Waals surface area contributed by atoms with Gasteiger partial charge in [0.25, 0.3) is 11.9 Å². The van der Waals surface area contributed by atoms with Crippen LogP contribution in [0.15, 0.2) is 0 Å². The van der Waals surface area contributed by atoms with Gasteiger partial charge in [-0.25, -0.2) is 0 Å². The molecular formula is C10H22O5. The third-order valence-electron chi connectivity index (χ3n) is 1.22. The monoisotopic (exact) mass is 222 g/mol. The number of ether oxygens (including phenoxy) is 3. The minimum Gasteiger partial charge on any atom is -0.481 e. The van der Waals surface area contributed by atoms with Crippen LogP contribution in [-0.4, -0.2) is 36.9 Å². The van der Waals surface area contributed by atoms with Crippen molar-refractivity contribution in [1.82, 2.24) is 0 Å². The van der Waals surface area contributed by atoms with Gasteiger partial charge in [-0.15, -0.1) is 0 Å². The molecule has 0 aliphatic rings. The molecule has 0 aliphatic heterocycles. The Labute approximate surface area is 91.3 Å². The summed E-state index contributed by atoms with van der Waals surface area (Å²) in [6.45, 7) is 10.4. The van der Waals surface area contributed by atoms with Crippen LogP contribution in [0.2, 0.25) is 0 Å². The molecule has 0 unspecified atom stereocenters. The molecule has 0 radical (unpaired) electrons. The summed E-state index contributed by atoms with van der Waals surface area (Å²) in [5.41, 5.74) is 0. The average molecular weight is 222 g/mol. The Balaban J connectivity index is 0. The summed E-state index contributed by atoms with van der Waals surface area (Å²) >= 11 is 0. The summed E-state index contributed by atoms with van der Waals surface area (Å²) in [7, 11) is 0. The van der Waals surface area contributed by atoms with Gasteiger partial charge < -0.3 is 19.3 Å². The van der Waals surface area contributed by atoms with E-state index in [0.717, 1.165) is 6.92 Å². The zero-order chi connectivity index (χ0) is 12.3. The molecule has 92 valence electrons. The highest BCUT2D eigenvalue weighted by atomic mass is 16.9. The highest BCUT2D eigenvalue weighted by Gasteiger charge is 2.24. The SMILES string of the molecule is CC(=O)O.CCOC(C)(OCC)OCC. The van der Waals surface area contributed by atoms with Gasteiger partial charge in [0.1, 0.15) is 0 Å². The largest absolute Gasteiger partial charge is 0.481 e. The predicted octanol–water partition coefficient (Wildman–Crippen LogP) is 1.86. The molecule has 0 aromatic carbocycles. The first-order valence-corrected chi connectivity index (χ1v) is 5.03. The second-order valence-corrected chi connectivity index (χ2v) is 2.68. The number of carbonyl (C=O) groups is 1. The Morgan fingerprint density at radius 1 is 1.07 bits per heavy atom. The number of rotatable bonds is 6. The van der Waals surface area contributed by atoms with Crippen LogP contribution >= 0.6 is 0 Å². The van der Waals surface area contributed by atoms with E-state index in [0.29, 0.717) is 19.8 Å². The second-order valence-electron chi connectivity index (χ2n) is 2.68. The van der Waals surface area contributed by atoms with E-state index < -0.39 is 11.9 Å². The van der Waals surface area contributed by atoms with Crippen molar-refractivity contribution in [3.63, 3.8) is 0 Å². The fraction of sp³-hybridized carbons (Fsp3) is 0.900. The molecule has 0 aromatic rings. The van der Waals surface area contributed by atoms with Gasteiger partial charge in [0.05, 0.1) is 0 Å². The molecule has 0 aliphatic carbocycles. The number of carboxylic acid groups (broad SMARTS) is 1. The molecule has 0 atom stereocenters. The fourth-order valence-corrected chi connectivity index (χ4v) is 0.912. The summed E-state index contributed by atoms with van der Waals surface area (Å²) in [5.74, 6) is -1.68. The minimum atomic E-state index is -0.849. The molecule has 0 heterocycles. The molecule has 0 rings (SSSR count). The van der Waals surface area contributed by atoms with Gasteiger partial charge in [-0.1, -0.05) is 0 Å². The Morgan fingerprint density at radius 2 is 1.27 bits per heavy atom. The van der Waals surface area contributed by atoms with Crippen molar-refractivity contribution >= 4 is 5.97 Å². The molecule has 1 N–H and O–H groups in total. The van der Waals surface area contributed by atoms with E-state index in [4.69, 9.17) is 24.1 Å². The standard InChI is InChI=1S/C8H18O3.C2H4O2/c1-5-9-8(4,10-6-2)11-7-3;1-2(3)4/h5-7H2,1-4H3;1H3,(H,3,4). The number of hydrogen-bond donors (Lipinski definition) is 1. The Morgan fingerprint density at radius 3 is 1.40 bits per heavy atom. The zero-order valence-electron chi connectivity index (χ0n) is 10.2. The van der Waals surface area contributed by atoms with Gasteiger partial charge in [-0.2, -0.15) is 0 Å². The number of hydrogen-bond acceptors (Lipinski definition) is 4. The van der Waals surface area contributed by atoms with E-state index in [1.807, 2.05) is 20.8 Å². The molecular weight excluding hydrogens is 200 g/mol. The van der Waals surface area contributed by atoms with Gasteiger partial charge in [-0.3, -0.25) is 4.79 Å². The summed E-state index contributed by atoms with van der Waals surface area (Å²) in [6.07, 6.45) is 0. The van der Waals surface area contributed by atoms with Crippen molar-refractivity contribution in [3.8, 4) is 0 Å². The lowest BCUT2D eigenvalue weighted by Gasteiger charge is -2.27. The molecule has 0 aromatic heterocycles. The molecule has 15 heavy (non-hydrogen) atoms. The van der Waals surface area contributed by atoms with Crippen molar-refractivity contribution in [2.24, 2.45) is 0 Å². The molecule has 5 nitrogen and oxygen atoms in total. The van der Waals surface area contributed by atoms with Crippen molar-refractivity contribution in [2.75, 3.05) is 19.8 Å². The van der Waals surface area contributed by atoms with Crippen LogP contribution < -0.4 is 0 Å². The van der Waals surface area contributed by atoms with Crippen LogP contribution in [0, 0.1) is 0 Å². The van der Waals surface area contributed by atoms with E-state index in [9.17, 15) is 0 Å². The van der Waals surface area contributed by atoms with Crippen LogP contribution in [0.4, 0.5) is 0 Å². The number of carboxylic acids is 1. The van der Waals surface area contributed by atoms with Gasteiger partial charge in [0.2, 0.25) is 0 Å². The minimum absolute atomic E-state index is 0.594. The van der Waals surface area contributed by atoms with Crippen LogP contribution in [0.5, 0.6) is 0 Å². The molecule has 0 bridgehead atoms. The van der Waals surface area contributed by atoms with Crippen LogP contribution in [-0.2, 0) is 19.0 Å². The first kappa shape index (κ1) is 16.8. The third-order valence-corrected chi connectivity index (χ3v) is 1.22. The predicted molar refractivity (Wildman–Crippen MR) is 56.6 cm³/mol. The van der Waals surface area contributed by atoms with Crippen LogP contribution in [0.25, 0.3) is 0 Å². The lowest BCUT2D eigenvalue weighted by atomic mass is 10.6. The highest BCUT2D eigenvalue weighted by molar-refractivity contribution is 5.62. The maximum atomic E-state index is 9.00. The smallest absolute Gasteiger partial charge is 0.300 e. The summed E-state index contributed by atoms with van der Waals surface area (Å²) in [5, 5.41) is 7.42. The molecule has 0 fully saturated rings. The van der Waals surface area contributed by atoms with Crippen LogP contribution in [0.3, 0.4) is 0 Å². The lowest BCUT2D eigenvalue weighted by Crippen LogP contribution is -2.35. The quantitative estimate of drug-likeness (QED) is 0.695. The van der Waals surface area contributed by atoms with E-state index in [1.54, 1.807) is 6.92 Å². The highest BCUT2D eigenvalue weighted by Crippen LogP contribution is 2.13. The molecule has 0 saturated carbocycles. The summed E-state index contributed by atoms with van der Waals surface area (Å²) in [4.78, 5) is 9.00. The maximum Gasteiger partial charge on any atom is 0.300 e. The first-order valence-electron chi connectivity index (χ1n) is 5.03. The third kappa shape index (κ3) is 13.3. The number of aliphatic carboxylic acids is 1. The van der Waals surface area contributed by atoms with Gasteiger partial charge in [0.15, 0.2) is 0 Å². The molecule has 0 saturated heterocycles.